The summed E-state index contributed by atoms with van der Waals surface area (Å²) in [4.78, 5) is 23.4. The number of methoxy groups -OCH3 is 1. The van der Waals surface area contributed by atoms with Crippen molar-refractivity contribution < 1.29 is 19.4 Å². The van der Waals surface area contributed by atoms with Gasteiger partial charge >= 0.3 is 5.97 Å². The first kappa shape index (κ1) is 14.6. The number of carbonyl (C=O) groups excluding carboxylic acids is 2. The zero-order valence-electron chi connectivity index (χ0n) is 11.9. The van der Waals surface area contributed by atoms with Crippen LogP contribution < -0.4 is 0 Å². The molecule has 2 rings (SSSR count). The fourth-order valence-corrected chi connectivity index (χ4v) is 3.42. The van der Waals surface area contributed by atoms with E-state index in [9.17, 15) is 14.7 Å². The average molecular weight is 276 g/mol. The number of hydrogen-bond acceptors (Lipinski definition) is 4. The largest absolute Gasteiger partial charge is 0.504 e. The average Bonchev–Trinajstić information content (AvgIpc) is 2.70. The number of esters is 1. The summed E-state index contributed by atoms with van der Waals surface area (Å²) in [5.41, 5.74) is 0.794. The van der Waals surface area contributed by atoms with Crippen LogP contribution in [-0.4, -0.2) is 24.0 Å². The van der Waals surface area contributed by atoms with Gasteiger partial charge in [-0.25, -0.2) is 4.79 Å². The third kappa shape index (κ3) is 2.09. The molecule has 0 aliphatic heterocycles. The van der Waals surface area contributed by atoms with Crippen molar-refractivity contribution in [2.75, 3.05) is 7.11 Å². The van der Waals surface area contributed by atoms with Gasteiger partial charge in [-0.15, -0.1) is 6.58 Å². The summed E-state index contributed by atoms with van der Waals surface area (Å²) in [5.74, 6) is -0.936. The molecule has 0 heterocycles. The molecule has 1 fully saturated rings. The highest BCUT2D eigenvalue weighted by Gasteiger charge is 2.47. The van der Waals surface area contributed by atoms with E-state index in [1.807, 2.05) is 13.0 Å². The molecule has 1 saturated carbocycles. The molecule has 108 valence electrons. The molecule has 4 heteroatoms. The van der Waals surface area contributed by atoms with Crippen LogP contribution in [0.25, 0.3) is 0 Å². The van der Waals surface area contributed by atoms with Crippen LogP contribution in [0, 0.1) is 17.3 Å². The summed E-state index contributed by atoms with van der Waals surface area (Å²) in [7, 11) is 1.32. The minimum absolute atomic E-state index is 0.0483. The number of aliphatic hydroxyl groups is 1. The maximum atomic E-state index is 11.8. The number of hydrogen-bond donors (Lipinski definition) is 1. The van der Waals surface area contributed by atoms with E-state index < -0.39 is 5.97 Å². The van der Waals surface area contributed by atoms with Gasteiger partial charge in [0.15, 0.2) is 11.5 Å². The molecule has 4 nitrogen and oxygen atoms in total. The minimum atomic E-state index is -0.453. The van der Waals surface area contributed by atoms with E-state index in [-0.39, 0.29) is 28.8 Å². The van der Waals surface area contributed by atoms with Crippen molar-refractivity contribution in [1.82, 2.24) is 0 Å². The summed E-state index contributed by atoms with van der Waals surface area (Å²) in [6.45, 7) is 9.72. The van der Waals surface area contributed by atoms with E-state index in [2.05, 4.69) is 13.2 Å². The summed E-state index contributed by atoms with van der Waals surface area (Å²) in [6.07, 6.45) is 3.31. The molecular weight excluding hydrogens is 256 g/mol. The van der Waals surface area contributed by atoms with Crippen LogP contribution in [0.5, 0.6) is 0 Å². The van der Waals surface area contributed by atoms with Gasteiger partial charge in [-0.2, -0.15) is 0 Å². The topological polar surface area (TPSA) is 63.6 Å². The molecular formula is C16H20O4. The lowest BCUT2D eigenvalue weighted by molar-refractivity contribution is -0.137. The summed E-state index contributed by atoms with van der Waals surface area (Å²) in [5, 5.41) is 9.89. The highest BCUT2D eigenvalue weighted by molar-refractivity contribution is 5.97. The Morgan fingerprint density at radius 2 is 2.15 bits per heavy atom. The number of allylic oxidation sites excluding steroid dienone is 3. The SMILES string of the molecule is C=C[C@]1(C)C[C@@H]2CC(=O)C(O)=C2C[C@H]1C(=C)C(=O)OC. The highest BCUT2D eigenvalue weighted by atomic mass is 16.5. The van der Waals surface area contributed by atoms with Gasteiger partial charge in [0.05, 0.1) is 7.11 Å². The van der Waals surface area contributed by atoms with E-state index in [4.69, 9.17) is 4.74 Å². The molecule has 0 aromatic heterocycles. The second kappa shape index (κ2) is 4.93. The maximum Gasteiger partial charge on any atom is 0.333 e. The molecule has 0 aromatic rings. The lowest BCUT2D eigenvalue weighted by Crippen LogP contribution is -2.36. The number of aliphatic hydroxyl groups excluding tert-OH is 1. The molecule has 1 N–H and O–H groups in total. The van der Waals surface area contributed by atoms with Crippen molar-refractivity contribution in [3.63, 3.8) is 0 Å². The molecule has 2 aliphatic rings. The smallest absolute Gasteiger partial charge is 0.333 e. The third-order valence-corrected chi connectivity index (χ3v) is 4.73. The Morgan fingerprint density at radius 3 is 2.70 bits per heavy atom. The Kier molecular flexibility index (Phi) is 3.59. The number of rotatable bonds is 3. The number of fused-ring (bicyclic) bond motifs is 1. The van der Waals surface area contributed by atoms with E-state index in [0.29, 0.717) is 24.8 Å². The molecule has 0 spiro atoms. The lowest BCUT2D eigenvalue weighted by Gasteiger charge is -2.43. The van der Waals surface area contributed by atoms with E-state index in [1.54, 1.807) is 0 Å². The minimum Gasteiger partial charge on any atom is -0.504 e. The van der Waals surface area contributed by atoms with Crippen LogP contribution in [0.1, 0.15) is 26.2 Å². The van der Waals surface area contributed by atoms with E-state index in [0.717, 1.165) is 5.57 Å². The molecule has 3 atom stereocenters. The standard InChI is InChI=1S/C16H20O4/c1-5-16(3)8-10-6-13(17)14(18)11(10)7-12(16)9(2)15(19)20-4/h5,10,12,18H,1-2,6-8H2,3-4H3/t10-,12-,16+/m0/s1. The Labute approximate surface area is 118 Å². The summed E-state index contributed by atoms with van der Waals surface area (Å²) < 4.78 is 4.74. The van der Waals surface area contributed by atoms with Gasteiger partial charge in [-0.05, 0) is 29.7 Å². The molecule has 0 saturated heterocycles. The normalized spacial score (nSPS) is 32.8. The molecule has 0 aromatic carbocycles. The summed E-state index contributed by atoms with van der Waals surface area (Å²) in [6, 6.07) is 0. The molecule has 20 heavy (non-hydrogen) atoms. The Hall–Kier alpha value is -1.84. The van der Waals surface area contributed by atoms with Gasteiger partial charge in [0.25, 0.3) is 0 Å². The van der Waals surface area contributed by atoms with Crippen molar-refractivity contribution >= 4 is 11.8 Å². The van der Waals surface area contributed by atoms with Crippen LogP contribution in [-0.2, 0) is 14.3 Å². The van der Waals surface area contributed by atoms with Crippen LogP contribution >= 0.6 is 0 Å². The number of ether oxygens (including phenoxy) is 1. The van der Waals surface area contributed by atoms with Crippen molar-refractivity contribution in [2.24, 2.45) is 17.3 Å². The fraction of sp³-hybridized carbons (Fsp3) is 0.500. The van der Waals surface area contributed by atoms with Crippen LogP contribution in [0.3, 0.4) is 0 Å². The monoisotopic (exact) mass is 276 g/mol. The van der Waals surface area contributed by atoms with Crippen molar-refractivity contribution in [2.45, 2.75) is 26.2 Å². The molecule has 2 aliphatic carbocycles. The molecule has 0 bridgehead atoms. The van der Waals surface area contributed by atoms with Crippen LogP contribution in [0.4, 0.5) is 0 Å². The van der Waals surface area contributed by atoms with Gasteiger partial charge in [-0.1, -0.05) is 19.6 Å². The molecule has 0 amide bonds. The second-order valence-electron chi connectivity index (χ2n) is 5.89. The van der Waals surface area contributed by atoms with Crippen LogP contribution in [0.15, 0.2) is 36.1 Å². The second-order valence-corrected chi connectivity index (χ2v) is 5.89. The number of ketones is 1. The first-order chi connectivity index (χ1) is 9.34. The first-order valence-corrected chi connectivity index (χ1v) is 6.70. The lowest BCUT2D eigenvalue weighted by atomic mass is 9.60. The maximum absolute atomic E-state index is 11.8. The van der Waals surface area contributed by atoms with Crippen molar-refractivity contribution in [3.05, 3.63) is 36.1 Å². The van der Waals surface area contributed by atoms with E-state index >= 15 is 0 Å². The zero-order chi connectivity index (χ0) is 15.1. The van der Waals surface area contributed by atoms with Crippen molar-refractivity contribution in [1.29, 1.82) is 0 Å². The molecule has 0 unspecified atom stereocenters. The highest BCUT2D eigenvalue weighted by Crippen LogP contribution is 2.53. The van der Waals surface area contributed by atoms with E-state index in [1.165, 1.54) is 7.11 Å². The Balaban J connectivity index is 2.38. The number of carbonyl (C=O) groups is 2. The predicted molar refractivity (Wildman–Crippen MR) is 75.0 cm³/mol. The first-order valence-electron chi connectivity index (χ1n) is 6.70. The third-order valence-electron chi connectivity index (χ3n) is 4.73. The Bertz CT molecular complexity index is 529. The summed E-state index contributed by atoms with van der Waals surface area (Å²) >= 11 is 0. The zero-order valence-corrected chi connectivity index (χ0v) is 11.9. The van der Waals surface area contributed by atoms with Gasteiger partial charge in [-0.3, -0.25) is 4.79 Å². The van der Waals surface area contributed by atoms with Gasteiger partial charge < -0.3 is 9.84 Å². The van der Waals surface area contributed by atoms with Crippen LogP contribution in [0.2, 0.25) is 0 Å². The fourth-order valence-electron chi connectivity index (χ4n) is 3.42. The quantitative estimate of drug-likeness (QED) is 0.489. The number of Topliss-reactive ketones (excluding diaryl/α,β-unsaturated/α-hetero) is 1. The van der Waals surface area contributed by atoms with Gasteiger partial charge in [0.2, 0.25) is 0 Å². The van der Waals surface area contributed by atoms with Crippen molar-refractivity contribution in [3.8, 4) is 0 Å². The molecule has 0 radical (unpaired) electrons. The van der Waals surface area contributed by atoms with Gasteiger partial charge in [0.1, 0.15) is 0 Å². The Morgan fingerprint density at radius 1 is 1.50 bits per heavy atom. The van der Waals surface area contributed by atoms with Gasteiger partial charge in [0, 0.05) is 17.9 Å². The predicted octanol–water partition coefficient (Wildman–Crippen LogP) is 2.72.